The van der Waals surface area contributed by atoms with Crippen molar-refractivity contribution in [2.45, 2.75) is 30.6 Å². The predicted octanol–water partition coefficient (Wildman–Crippen LogP) is -1.06. The van der Waals surface area contributed by atoms with Gasteiger partial charge in [-0.25, -0.2) is 17.7 Å². The highest BCUT2D eigenvalue weighted by atomic mass is 32.2. The molecule has 5 atom stereocenters. The lowest BCUT2D eigenvalue weighted by Crippen LogP contribution is -2.75. The Kier molecular flexibility index (Phi) is 5.89. The second kappa shape index (κ2) is 8.78. The third-order valence-electron chi connectivity index (χ3n) is 7.68. The summed E-state index contributed by atoms with van der Waals surface area (Å²) in [5.41, 5.74) is 0.601. The minimum atomic E-state index is -3.22. The average Bonchev–Trinajstić information content (AvgIpc) is 3.32. The largest absolute Gasteiger partial charge is 0.396 e. The molecule has 1 aromatic carbocycles. The molecule has 37 heavy (non-hydrogen) atoms. The summed E-state index contributed by atoms with van der Waals surface area (Å²) in [7, 11) is -3.22. The number of nitrogens with one attached hydrogen (secondary N) is 1. The molecule has 3 aliphatic heterocycles. The number of thiazole rings is 1. The molecule has 1 saturated carbocycles. The fourth-order valence-electron chi connectivity index (χ4n) is 5.62. The van der Waals surface area contributed by atoms with E-state index in [1.807, 2.05) is 29.2 Å². The quantitative estimate of drug-likeness (QED) is 0.375. The Morgan fingerprint density at radius 1 is 1.19 bits per heavy atom. The summed E-state index contributed by atoms with van der Waals surface area (Å²) >= 11 is 1.37. The molecule has 3 fully saturated rings. The van der Waals surface area contributed by atoms with E-state index >= 15 is 0 Å². The van der Waals surface area contributed by atoms with Gasteiger partial charge in [0, 0.05) is 44.1 Å². The molecule has 4 heterocycles. The Hall–Kier alpha value is -2.49. The Labute approximate surface area is 217 Å². The van der Waals surface area contributed by atoms with E-state index < -0.39 is 40.1 Å². The van der Waals surface area contributed by atoms with E-state index in [1.165, 1.54) is 21.9 Å². The highest BCUT2D eigenvalue weighted by molar-refractivity contribution is 7.88. The van der Waals surface area contributed by atoms with Crippen LogP contribution in [-0.4, -0.2) is 113 Å². The van der Waals surface area contributed by atoms with Gasteiger partial charge >= 0.3 is 0 Å². The summed E-state index contributed by atoms with van der Waals surface area (Å²) in [6.07, 6.45) is -0.848. The second-order valence-electron chi connectivity index (χ2n) is 10.5. The second-order valence-corrected chi connectivity index (χ2v) is 13.5. The number of aromatic nitrogens is 1. The number of aliphatic hydroxyl groups is 3. The van der Waals surface area contributed by atoms with Crippen molar-refractivity contribution in [1.29, 1.82) is 0 Å². The van der Waals surface area contributed by atoms with Crippen LogP contribution >= 0.6 is 11.3 Å². The maximum absolute atomic E-state index is 13.4. The molecule has 0 radical (unpaired) electrons. The van der Waals surface area contributed by atoms with Gasteiger partial charge in [-0.05, 0) is 18.6 Å². The van der Waals surface area contributed by atoms with Crippen molar-refractivity contribution < 1.29 is 28.5 Å². The van der Waals surface area contributed by atoms with Crippen molar-refractivity contribution in [1.82, 2.24) is 19.5 Å². The number of aliphatic hydroxyl groups excluding tert-OH is 3. The summed E-state index contributed by atoms with van der Waals surface area (Å²) in [5.74, 6) is -1.23. The van der Waals surface area contributed by atoms with Gasteiger partial charge in [-0.15, -0.1) is 11.3 Å². The van der Waals surface area contributed by atoms with Crippen molar-refractivity contribution in [3.63, 3.8) is 0 Å². The van der Waals surface area contributed by atoms with Crippen molar-refractivity contribution in [2.75, 3.05) is 39.0 Å². The van der Waals surface area contributed by atoms with Gasteiger partial charge in [-0.3, -0.25) is 15.1 Å². The fourth-order valence-corrected chi connectivity index (χ4v) is 7.70. The van der Waals surface area contributed by atoms with E-state index in [0.717, 1.165) is 10.2 Å². The number of sulfonamides is 1. The first-order valence-electron chi connectivity index (χ1n) is 12.1. The predicted molar refractivity (Wildman–Crippen MR) is 137 cm³/mol. The third-order valence-corrected chi connectivity index (χ3v) is 9.98. The summed E-state index contributed by atoms with van der Waals surface area (Å²) < 4.78 is 25.9. The van der Waals surface area contributed by atoms with E-state index in [0.29, 0.717) is 37.1 Å². The summed E-state index contributed by atoms with van der Waals surface area (Å²) in [5, 5.41) is 33.8. The summed E-state index contributed by atoms with van der Waals surface area (Å²) in [6.45, 7) is 1.69. The number of likely N-dealkylation sites (tertiary alicyclic amines) is 1. The normalized spacial score (nSPS) is 32.9. The molecule has 1 aromatic heterocycles. The third kappa shape index (κ3) is 4.25. The monoisotopic (exact) mass is 548 g/mol. The Morgan fingerprint density at radius 3 is 2.57 bits per heavy atom. The number of amidine groups is 1. The number of rotatable bonds is 4. The standard InChI is InChI=1S/C23H28N6O6S2/c1-37(34,35)29-10-23(11-29)8-28(9-23)22-26-19(24-14-6-12(7-30)17(31)18(14)32)16(20(33)27-22)21-25-13-4-2-3-5-15(13)36-21/h2-5,12,14,16-18,30-32H,6-11H2,1H3,(H,24,26,27,33)/t12-,14-,16?,17-,18+/m1/s1. The number of para-hydroxylation sites is 1. The first-order valence-corrected chi connectivity index (χ1v) is 14.7. The minimum Gasteiger partial charge on any atom is -0.396 e. The van der Waals surface area contributed by atoms with Gasteiger partial charge < -0.3 is 20.2 Å². The van der Waals surface area contributed by atoms with E-state index in [-0.39, 0.29) is 30.2 Å². The van der Waals surface area contributed by atoms with E-state index in [1.54, 1.807) is 0 Å². The van der Waals surface area contributed by atoms with Crippen molar-refractivity contribution in [3.8, 4) is 0 Å². The Balaban J connectivity index is 1.30. The molecule has 2 saturated heterocycles. The molecule has 0 bridgehead atoms. The summed E-state index contributed by atoms with van der Waals surface area (Å²) in [6, 6.07) is 6.82. The molecule has 6 rings (SSSR count). The minimum absolute atomic E-state index is 0.155. The van der Waals surface area contributed by atoms with Crippen LogP contribution in [-0.2, 0) is 14.8 Å². The molecule has 1 spiro atoms. The van der Waals surface area contributed by atoms with E-state index in [2.05, 4.69) is 20.3 Å². The molecule has 1 aliphatic carbocycles. The van der Waals surface area contributed by atoms with E-state index in [9.17, 15) is 28.5 Å². The molecule has 4 N–H and O–H groups in total. The van der Waals surface area contributed by atoms with Gasteiger partial charge in [0.15, 0.2) is 0 Å². The van der Waals surface area contributed by atoms with Crippen molar-refractivity contribution >= 4 is 49.3 Å². The number of guanidine groups is 1. The van der Waals surface area contributed by atoms with Gasteiger partial charge in [-0.1, -0.05) is 12.1 Å². The molecular formula is C23H28N6O6S2. The van der Waals surface area contributed by atoms with Crippen LogP contribution in [0.4, 0.5) is 0 Å². The van der Waals surface area contributed by atoms with Gasteiger partial charge in [0.1, 0.15) is 22.9 Å². The van der Waals surface area contributed by atoms with Gasteiger partial charge in [0.05, 0.1) is 28.6 Å². The lowest BCUT2D eigenvalue weighted by Gasteiger charge is -2.59. The van der Waals surface area contributed by atoms with Gasteiger partial charge in [0.25, 0.3) is 0 Å². The SMILES string of the molecule is CS(=O)(=O)N1CC2(CN(C3=NC(=N[C@@H]4C[C@H](CO)[C@@H](O)[C@H]4O)C(c4nc5ccccc5s4)C(=O)N3)C2)C1. The highest BCUT2D eigenvalue weighted by Crippen LogP contribution is 2.41. The van der Waals surface area contributed by atoms with Crippen LogP contribution in [0.5, 0.6) is 0 Å². The fraction of sp³-hybridized carbons (Fsp3) is 0.565. The molecule has 1 amide bonds. The Bertz CT molecular complexity index is 1380. The molecule has 198 valence electrons. The zero-order chi connectivity index (χ0) is 26.1. The number of carbonyl (C=O) groups is 1. The van der Waals surface area contributed by atoms with Gasteiger partial charge in [0.2, 0.25) is 21.9 Å². The first kappa shape index (κ1) is 24.8. The molecule has 12 nitrogen and oxygen atoms in total. The Morgan fingerprint density at radius 2 is 1.92 bits per heavy atom. The van der Waals surface area contributed by atoms with Crippen LogP contribution in [0.25, 0.3) is 10.2 Å². The zero-order valence-electron chi connectivity index (χ0n) is 20.1. The number of nitrogens with zero attached hydrogens (tertiary/aromatic N) is 5. The molecule has 4 aliphatic rings. The lowest BCUT2D eigenvalue weighted by atomic mass is 9.74. The van der Waals surface area contributed by atoms with Crippen LogP contribution in [0.3, 0.4) is 0 Å². The number of fused-ring (bicyclic) bond motifs is 1. The zero-order valence-corrected chi connectivity index (χ0v) is 21.7. The number of aliphatic imine (C=N–C) groups is 2. The van der Waals surface area contributed by atoms with Crippen LogP contribution < -0.4 is 5.32 Å². The molecular weight excluding hydrogens is 520 g/mol. The lowest BCUT2D eigenvalue weighted by molar-refractivity contribution is -0.120. The first-order chi connectivity index (χ1) is 17.6. The van der Waals surface area contributed by atoms with E-state index in [4.69, 9.17) is 0 Å². The number of hydrogen-bond acceptors (Lipinski definition) is 10. The molecule has 2 aromatic rings. The van der Waals surface area contributed by atoms with Crippen LogP contribution in [0, 0.1) is 11.3 Å². The maximum atomic E-state index is 13.4. The van der Waals surface area contributed by atoms with Crippen molar-refractivity contribution in [3.05, 3.63) is 29.3 Å². The average molecular weight is 549 g/mol. The van der Waals surface area contributed by atoms with Crippen molar-refractivity contribution in [2.24, 2.45) is 21.3 Å². The highest BCUT2D eigenvalue weighted by Gasteiger charge is 2.56. The molecule has 1 unspecified atom stereocenters. The van der Waals surface area contributed by atoms with Crippen LogP contribution in [0.2, 0.25) is 0 Å². The van der Waals surface area contributed by atoms with Gasteiger partial charge in [-0.2, -0.15) is 4.99 Å². The number of carbonyl (C=O) groups excluding carboxylic acids is 1. The number of amides is 1. The topological polar surface area (TPSA) is 168 Å². The smallest absolute Gasteiger partial charge is 0.244 e. The summed E-state index contributed by atoms with van der Waals surface area (Å²) in [4.78, 5) is 29.3. The molecule has 14 heteroatoms. The van der Waals surface area contributed by atoms with Crippen LogP contribution in [0.1, 0.15) is 17.3 Å². The van der Waals surface area contributed by atoms with Crippen LogP contribution in [0.15, 0.2) is 34.3 Å². The maximum Gasteiger partial charge on any atom is 0.244 e. The number of hydrogen-bond donors (Lipinski definition) is 4. The number of benzene rings is 1.